The van der Waals surface area contributed by atoms with Gasteiger partial charge in [-0.15, -0.1) is 0 Å². The summed E-state index contributed by atoms with van der Waals surface area (Å²) in [5, 5.41) is 8.60. The van der Waals surface area contributed by atoms with Gasteiger partial charge in [0.05, 0.1) is 0 Å². The molecule has 0 fully saturated rings. The maximum absolute atomic E-state index is 8.60. The molecule has 4 nitrogen and oxygen atoms in total. The van der Waals surface area contributed by atoms with Crippen molar-refractivity contribution in [3.05, 3.63) is 0 Å². The molecule has 0 bridgehead atoms. The molecule has 0 saturated carbocycles. The number of methoxy groups -OCH3 is 3. The van der Waals surface area contributed by atoms with E-state index in [1.807, 2.05) is 0 Å². The van der Waals surface area contributed by atoms with E-state index in [0.717, 1.165) is 0 Å². The molecule has 60 valence electrons. The molecule has 0 heterocycles. The predicted molar refractivity (Wildman–Crippen MR) is 30.8 cm³/mol. The molecule has 5 heteroatoms. The van der Waals surface area contributed by atoms with Crippen LogP contribution in [0.4, 0.5) is 0 Å². The summed E-state index contributed by atoms with van der Waals surface area (Å²) in [5.74, 6) is -1.28. The van der Waals surface area contributed by atoms with Crippen LogP contribution in [0.3, 0.4) is 0 Å². The van der Waals surface area contributed by atoms with E-state index in [1.54, 1.807) is 0 Å². The van der Waals surface area contributed by atoms with Crippen molar-refractivity contribution >= 4 is 0 Å². The molecule has 0 rings (SSSR count). The second-order valence-electron chi connectivity index (χ2n) is 1.45. The van der Waals surface area contributed by atoms with Gasteiger partial charge in [0, 0.05) is 62.2 Å². The van der Waals surface area contributed by atoms with Crippen LogP contribution in [0.1, 0.15) is 0 Å². The summed E-state index contributed by atoms with van der Waals surface area (Å²) < 4.78 is 14.1. The molecular formula is C5H12NdO4. The third-order valence-electron chi connectivity index (χ3n) is 1.13. The fourth-order valence-corrected chi connectivity index (χ4v) is 0.444. The van der Waals surface area contributed by atoms with Crippen LogP contribution in [-0.4, -0.2) is 39.0 Å². The molecule has 0 aliphatic carbocycles. The monoisotopic (exact) mass is 278 g/mol. The molecule has 0 saturated heterocycles. The van der Waals surface area contributed by atoms with Crippen LogP contribution in [0.2, 0.25) is 0 Å². The molecule has 0 aliphatic rings. The van der Waals surface area contributed by atoms with E-state index < -0.39 is 5.97 Å². The van der Waals surface area contributed by atoms with Crippen molar-refractivity contribution in [2.75, 3.05) is 27.9 Å². The SMILES string of the molecule is COC(CO)(OC)OC.[Nd]. The number of hydrogen-bond acceptors (Lipinski definition) is 4. The van der Waals surface area contributed by atoms with Gasteiger partial charge in [0.15, 0.2) is 0 Å². The summed E-state index contributed by atoms with van der Waals surface area (Å²) in [6.45, 7) is -0.323. The predicted octanol–water partition coefficient (Wildman–Crippen LogP) is -0.428. The van der Waals surface area contributed by atoms with Crippen molar-refractivity contribution in [1.82, 2.24) is 0 Å². The van der Waals surface area contributed by atoms with Gasteiger partial charge in [0.25, 0.3) is 0 Å². The van der Waals surface area contributed by atoms with Crippen LogP contribution in [0, 0.1) is 40.8 Å². The largest absolute Gasteiger partial charge is 0.388 e. The molecule has 0 spiro atoms. The first kappa shape index (κ1) is 13.8. The first-order valence-electron chi connectivity index (χ1n) is 2.51. The first-order chi connectivity index (χ1) is 4.24. The summed E-state index contributed by atoms with van der Waals surface area (Å²) in [6.07, 6.45) is 0. The smallest absolute Gasteiger partial charge is 0.306 e. The first-order valence-corrected chi connectivity index (χ1v) is 2.51. The van der Waals surface area contributed by atoms with Crippen molar-refractivity contribution in [2.24, 2.45) is 0 Å². The molecular weight excluding hydrogens is 268 g/mol. The zero-order valence-electron chi connectivity index (χ0n) is 6.38. The van der Waals surface area contributed by atoms with Gasteiger partial charge in [-0.1, -0.05) is 0 Å². The van der Waals surface area contributed by atoms with Gasteiger partial charge in [0.2, 0.25) is 0 Å². The fourth-order valence-electron chi connectivity index (χ4n) is 0.444. The van der Waals surface area contributed by atoms with Gasteiger partial charge in [-0.05, 0) is 0 Å². The topological polar surface area (TPSA) is 47.9 Å². The molecule has 0 radical (unpaired) electrons. The Balaban J connectivity index is 0. The summed E-state index contributed by atoms with van der Waals surface area (Å²) in [6, 6.07) is 0. The van der Waals surface area contributed by atoms with Gasteiger partial charge >= 0.3 is 5.97 Å². The number of aliphatic hydroxyl groups excluding tert-OH is 1. The molecule has 1 N–H and O–H groups in total. The van der Waals surface area contributed by atoms with Gasteiger partial charge in [0.1, 0.15) is 6.61 Å². The summed E-state index contributed by atoms with van der Waals surface area (Å²) >= 11 is 0. The van der Waals surface area contributed by atoms with E-state index in [9.17, 15) is 0 Å². The molecule has 10 heavy (non-hydrogen) atoms. The van der Waals surface area contributed by atoms with Crippen molar-refractivity contribution < 1.29 is 60.2 Å². The van der Waals surface area contributed by atoms with E-state index in [-0.39, 0.29) is 47.4 Å². The van der Waals surface area contributed by atoms with Crippen molar-refractivity contribution in [3.8, 4) is 0 Å². The van der Waals surface area contributed by atoms with Gasteiger partial charge in [-0.2, -0.15) is 0 Å². The summed E-state index contributed by atoms with van der Waals surface area (Å²) in [4.78, 5) is 0. The number of ether oxygens (including phenoxy) is 3. The van der Waals surface area contributed by atoms with Crippen LogP contribution in [0.5, 0.6) is 0 Å². The zero-order chi connectivity index (χ0) is 7.33. The molecule has 0 aromatic heterocycles. The fraction of sp³-hybridized carbons (Fsp3) is 1.00. The number of aliphatic hydroxyl groups is 1. The Hall–Kier alpha value is 1.19. The van der Waals surface area contributed by atoms with E-state index in [2.05, 4.69) is 0 Å². The number of hydrogen-bond donors (Lipinski definition) is 1. The maximum Gasteiger partial charge on any atom is 0.306 e. The minimum absolute atomic E-state index is 0. The number of rotatable bonds is 4. The normalized spacial score (nSPS) is 10.8. The minimum Gasteiger partial charge on any atom is -0.388 e. The van der Waals surface area contributed by atoms with Gasteiger partial charge in [-0.25, -0.2) is 0 Å². The van der Waals surface area contributed by atoms with Crippen LogP contribution in [0.25, 0.3) is 0 Å². The molecule has 0 aromatic carbocycles. The van der Waals surface area contributed by atoms with Crippen LogP contribution >= 0.6 is 0 Å². The molecule has 0 amide bonds. The third-order valence-corrected chi connectivity index (χ3v) is 1.13. The second kappa shape index (κ2) is 6.87. The average Bonchev–Trinajstić information content (AvgIpc) is 1.95. The Morgan fingerprint density at radius 1 is 1.10 bits per heavy atom. The maximum atomic E-state index is 8.60. The minimum atomic E-state index is -1.28. The van der Waals surface area contributed by atoms with Crippen molar-refractivity contribution in [2.45, 2.75) is 5.97 Å². The molecule has 0 aromatic rings. The molecule has 0 atom stereocenters. The summed E-state index contributed by atoms with van der Waals surface area (Å²) in [7, 11) is 4.18. The van der Waals surface area contributed by atoms with E-state index in [0.29, 0.717) is 0 Å². The van der Waals surface area contributed by atoms with E-state index in [1.165, 1.54) is 21.3 Å². The van der Waals surface area contributed by atoms with Crippen molar-refractivity contribution in [3.63, 3.8) is 0 Å². The second-order valence-corrected chi connectivity index (χ2v) is 1.45. The van der Waals surface area contributed by atoms with Crippen LogP contribution < -0.4 is 0 Å². The Morgan fingerprint density at radius 2 is 1.40 bits per heavy atom. The summed E-state index contributed by atoms with van der Waals surface area (Å²) in [5.41, 5.74) is 0. The standard InChI is InChI=1S/C5H12O4.Nd/c1-7-5(4-6,8-2)9-3;/h6H,4H2,1-3H3;. The molecule has 0 aliphatic heterocycles. The quantitative estimate of drug-likeness (QED) is 0.710. The Bertz CT molecular complexity index is 56.5. The third kappa shape index (κ3) is 3.54. The Labute approximate surface area is 93.4 Å². The van der Waals surface area contributed by atoms with Gasteiger partial charge < -0.3 is 19.3 Å². The van der Waals surface area contributed by atoms with Crippen LogP contribution in [-0.2, 0) is 14.2 Å². The van der Waals surface area contributed by atoms with E-state index in [4.69, 9.17) is 19.3 Å². The van der Waals surface area contributed by atoms with E-state index >= 15 is 0 Å². The Kier molecular flexibility index (Phi) is 9.46. The Morgan fingerprint density at radius 3 is 1.40 bits per heavy atom. The van der Waals surface area contributed by atoms with Crippen molar-refractivity contribution in [1.29, 1.82) is 0 Å². The average molecular weight is 280 g/mol. The van der Waals surface area contributed by atoms with Gasteiger partial charge in [-0.3, -0.25) is 0 Å². The molecule has 0 unspecified atom stereocenters. The van der Waals surface area contributed by atoms with Crippen LogP contribution in [0.15, 0.2) is 0 Å². The zero-order valence-corrected chi connectivity index (χ0v) is 9.59.